The summed E-state index contributed by atoms with van der Waals surface area (Å²) in [6.07, 6.45) is 1.49. The van der Waals surface area contributed by atoms with Gasteiger partial charge in [0.1, 0.15) is 11.9 Å². The molecule has 1 aliphatic heterocycles. The van der Waals surface area contributed by atoms with Crippen molar-refractivity contribution in [1.29, 1.82) is 0 Å². The first-order valence-electron chi connectivity index (χ1n) is 11.3. The third-order valence-electron chi connectivity index (χ3n) is 6.18. The minimum absolute atomic E-state index is 0.0805. The SMILES string of the molecule is CCC(CC)C(=O)Nc1ccc(N2CCN(C(C(=O)OC)c3cccc(Cl)c3)CC2)c(F)c1. The van der Waals surface area contributed by atoms with Crippen LogP contribution in [-0.4, -0.2) is 50.1 Å². The average molecular weight is 476 g/mol. The van der Waals surface area contributed by atoms with Crippen molar-refractivity contribution in [3.05, 3.63) is 58.9 Å². The van der Waals surface area contributed by atoms with Crippen LogP contribution in [0.4, 0.5) is 15.8 Å². The van der Waals surface area contributed by atoms with Gasteiger partial charge in [-0.1, -0.05) is 37.6 Å². The summed E-state index contributed by atoms with van der Waals surface area (Å²) in [5, 5.41) is 3.36. The molecule has 0 spiro atoms. The van der Waals surface area contributed by atoms with Crippen LogP contribution in [0.25, 0.3) is 0 Å². The number of benzene rings is 2. The minimum atomic E-state index is -0.566. The van der Waals surface area contributed by atoms with Gasteiger partial charge in [-0.25, -0.2) is 9.18 Å². The third kappa shape index (κ3) is 6.03. The maximum atomic E-state index is 14.9. The Morgan fingerprint density at radius 1 is 1.09 bits per heavy atom. The molecule has 2 aromatic carbocycles. The fourth-order valence-corrected chi connectivity index (χ4v) is 4.45. The van der Waals surface area contributed by atoms with E-state index in [0.29, 0.717) is 42.6 Å². The summed E-state index contributed by atoms with van der Waals surface area (Å²) in [5.74, 6) is -0.904. The molecule has 1 amide bonds. The molecule has 1 N–H and O–H groups in total. The minimum Gasteiger partial charge on any atom is -0.468 e. The Labute approximate surface area is 199 Å². The van der Waals surface area contributed by atoms with Crippen LogP contribution < -0.4 is 10.2 Å². The zero-order valence-corrected chi connectivity index (χ0v) is 20.1. The van der Waals surface area contributed by atoms with Gasteiger partial charge in [0.05, 0.1) is 12.8 Å². The lowest BCUT2D eigenvalue weighted by molar-refractivity contribution is -0.147. The van der Waals surface area contributed by atoms with E-state index in [1.54, 1.807) is 24.3 Å². The van der Waals surface area contributed by atoms with E-state index >= 15 is 0 Å². The van der Waals surface area contributed by atoms with Crippen molar-refractivity contribution in [1.82, 2.24) is 4.90 Å². The van der Waals surface area contributed by atoms with Gasteiger partial charge in [-0.2, -0.15) is 0 Å². The first-order chi connectivity index (χ1) is 15.9. The monoisotopic (exact) mass is 475 g/mol. The standard InChI is InChI=1S/C25H31ClFN3O3/c1-4-17(5-2)24(31)28-20-9-10-22(21(27)16-20)29-11-13-30(14-12-29)23(25(32)33-3)18-7-6-8-19(26)15-18/h6-10,15-17,23H,4-5,11-14H2,1-3H3,(H,28,31). The Kier molecular flexibility index (Phi) is 8.69. The molecule has 1 aliphatic rings. The van der Waals surface area contributed by atoms with Crippen molar-refractivity contribution < 1.29 is 18.7 Å². The molecule has 1 heterocycles. The number of anilines is 2. The normalized spacial score (nSPS) is 15.4. The Morgan fingerprint density at radius 3 is 2.36 bits per heavy atom. The third-order valence-corrected chi connectivity index (χ3v) is 6.42. The van der Waals surface area contributed by atoms with E-state index in [0.717, 1.165) is 18.4 Å². The number of nitrogens with zero attached hydrogens (tertiary/aromatic N) is 2. The number of piperazine rings is 1. The summed E-state index contributed by atoms with van der Waals surface area (Å²) in [4.78, 5) is 28.8. The summed E-state index contributed by atoms with van der Waals surface area (Å²) in [6.45, 7) is 6.13. The highest BCUT2D eigenvalue weighted by atomic mass is 35.5. The zero-order valence-electron chi connectivity index (χ0n) is 19.3. The van der Waals surface area contributed by atoms with Crippen LogP contribution in [0.15, 0.2) is 42.5 Å². The van der Waals surface area contributed by atoms with Gasteiger partial charge in [-0.3, -0.25) is 9.69 Å². The van der Waals surface area contributed by atoms with Gasteiger partial charge < -0.3 is 15.0 Å². The quantitative estimate of drug-likeness (QED) is 0.551. The molecule has 8 heteroatoms. The number of halogens is 2. The molecule has 33 heavy (non-hydrogen) atoms. The number of ether oxygens (including phenoxy) is 1. The van der Waals surface area contributed by atoms with Crippen molar-refractivity contribution in [2.24, 2.45) is 5.92 Å². The lowest BCUT2D eigenvalue weighted by Gasteiger charge is -2.39. The number of nitrogens with one attached hydrogen (secondary N) is 1. The molecule has 1 fully saturated rings. The average Bonchev–Trinajstić information content (AvgIpc) is 2.81. The first kappa shape index (κ1) is 25.0. The van der Waals surface area contributed by atoms with E-state index < -0.39 is 6.04 Å². The predicted molar refractivity (Wildman–Crippen MR) is 129 cm³/mol. The lowest BCUT2D eigenvalue weighted by Crippen LogP contribution is -2.49. The maximum Gasteiger partial charge on any atom is 0.327 e. The highest BCUT2D eigenvalue weighted by Crippen LogP contribution is 2.29. The number of rotatable bonds is 8. The lowest BCUT2D eigenvalue weighted by atomic mass is 10.0. The highest BCUT2D eigenvalue weighted by molar-refractivity contribution is 6.30. The van der Waals surface area contributed by atoms with E-state index in [1.165, 1.54) is 13.2 Å². The van der Waals surface area contributed by atoms with Gasteiger partial charge in [-0.05, 0) is 48.7 Å². The van der Waals surface area contributed by atoms with E-state index in [9.17, 15) is 14.0 Å². The van der Waals surface area contributed by atoms with Gasteiger partial charge >= 0.3 is 5.97 Å². The molecule has 6 nitrogen and oxygen atoms in total. The number of carbonyl (C=O) groups is 2. The molecule has 0 radical (unpaired) electrons. The molecular formula is C25H31ClFN3O3. The van der Waals surface area contributed by atoms with Crippen LogP contribution in [-0.2, 0) is 14.3 Å². The molecule has 0 saturated carbocycles. The van der Waals surface area contributed by atoms with Crippen molar-refractivity contribution in [3.8, 4) is 0 Å². The van der Waals surface area contributed by atoms with Gasteiger partial charge in [-0.15, -0.1) is 0 Å². The van der Waals surface area contributed by atoms with Crippen LogP contribution in [0.5, 0.6) is 0 Å². The zero-order chi connectivity index (χ0) is 24.0. The van der Waals surface area contributed by atoms with Crippen molar-refractivity contribution in [2.45, 2.75) is 32.7 Å². The number of esters is 1. The molecule has 2 aromatic rings. The summed E-state index contributed by atoms with van der Waals surface area (Å²) >= 11 is 6.13. The Morgan fingerprint density at radius 2 is 1.79 bits per heavy atom. The second-order valence-electron chi connectivity index (χ2n) is 8.17. The summed E-state index contributed by atoms with van der Waals surface area (Å²) in [5.41, 5.74) is 1.71. The number of hydrogen-bond donors (Lipinski definition) is 1. The van der Waals surface area contributed by atoms with Crippen LogP contribution >= 0.6 is 11.6 Å². The number of hydrogen-bond acceptors (Lipinski definition) is 5. The summed E-state index contributed by atoms with van der Waals surface area (Å²) < 4.78 is 19.9. The topological polar surface area (TPSA) is 61.9 Å². The summed E-state index contributed by atoms with van der Waals surface area (Å²) in [7, 11) is 1.37. The van der Waals surface area contributed by atoms with Crippen LogP contribution in [0, 0.1) is 11.7 Å². The van der Waals surface area contributed by atoms with E-state index in [-0.39, 0.29) is 23.6 Å². The van der Waals surface area contributed by atoms with Crippen molar-refractivity contribution >= 4 is 34.9 Å². The second kappa shape index (κ2) is 11.5. The van der Waals surface area contributed by atoms with Gasteiger partial charge in [0.25, 0.3) is 0 Å². The van der Waals surface area contributed by atoms with Crippen molar-refractivity contribution in [3.63, 3.8) is 0 Å². The van der Waals surface area contributed by atoms with Gasteiger partial charge in [0, 0.05) is 42.8 Å². The van der Waals surface area contributed by atoms with Crippen LogP contribution in [0.3, 0.4) is 0 Å². The van der Waals surface area contributed by atoms with Crippen LogP contribution in [0.2, 0.25) is 5.02 Å². The maximum absolute atomic E-state index is 14.9. The van der Waals surface area contributed by atoms with Gasteiger partial charge in [0.15, 0.2) is 0 Å². The number of methoxy groups -OCH3 is 1. The fourth-order valence-electron chi connectivity index (χ4n) is 4.25. The molecule has 0 bridgehead atoms. The van der Waals surface area contributed by atoms with Crippen LogP contribution in [0.1, 0.15) is 38.3 Å². The Balaban J connectivity index is 1.68. The molecule has 1 atom stereocenters. The number of carbonyl (C=O) groups excluding carboxylic acids is 2. The summed E-state index contributed by atoms with van der Waals surface area (Å²) in [6, 6.07) is 11.4. The fraction of sp³-hybridized carbons (Fsp3) is 0.440. The largest absolute Gasteiger partial charge is 0.468 e. The molecule has 0 aromatic heterocycles. The first-order valence-corrected chi connectivity index (χ1v) is 11.7. The van der Waals surface area contributed by atoms with E-state index in [2.05, 4.69) is 5.32 Å². The van der Waals surface area contributed by atoms with Gasteiger partial charge in [0.2, 0.25) is 5.91 Å². The molecule has 3 rings (SSSR count). The molecule has 0 aliphatic carbocycles. The molecule has 178 valence electrons. The second-order valence-corrected chi connectivity index (χ2v) is 8.61. The molecule has 1 saturated heterocycles. The van der Waals surface area contributed by atoms with E-state index in [1.807, 2.05) is 35.8 Å². The Hall–Kier alpha value is -2.64. The Bertz CT molecular complexity index is 975. The predicted octanol–water partition coefficient (Wildman–Crippen LogP) is 4.89. The number of amides is 1. The molecular weight excluding hydrogens is 445 g/mol. The smallest absolute Gasteiger partial charge is 0.327 e. The van der Waals surface area contributed by atoms with Crippen molar-refractivity contribution in [2.75, 3.05) is 43.5 Å². The highest BCUT2D eigenvalue weighted by Gasteiger charge is 2.32. The molecule has 1 unspecified atom stereocenters. The van der Waals surface area contributed by atoms with E-state index in [4.69, 9.17) is 16.3 Å².